The highest BCUT2D eigenvalue weighted by atomic mass is 32.1. The van der Waals surface area contributed by atoms with Gasteiger partial charge >= 0.3 is 5.97 Å². The fraction of sp³-hybridized carbons (Fsp3) is 0.130. The Morgan fingerprint density at radius 2 is 1.90 bits per heavy atom. The molecule has 2 aromatic carbocycles. The average Bonchev–Trinajstić information content (AvgIpc) is 3.34. The van der Waals surface area contributed by atoms with Crippen molar-refractivity contribution in [3.63, 3.8) is 0 Å². The number of amides is 1. The molecule has 0 spiro atoms. The number of nitrogens with zero attached hydrogens (tertiary/aromatic N) is 3. The number of benzene rings is 2. The highest BCUT2D eigenvalue weighted by molar-refractivity contribution is 7.14. The van der Waals surface area contributed by atoms with Gasteiger partial charge in [0.2, 0.25) is 5.13 Å². The second-order valence-corrected chi connectivity index (χ2v) is 7.70. The Hall–Kier alpha value is -3.58. The first-order valence-electron chi connectivity index (χ1n) is 9.29. The van der Waals surface area contributed by atoms with Crippen LogP contribution in [0.25, 0.3) is 17.3 Å². The predicted molar refractivity (Wildman–Crippen MR) is 119 cm³/mol. The molecule has 0 saturated heterocycles. The monoisotopic (exact) mass is 417 g/mol. The molecule has 4 rings (SSSR count). The zero-order chi connectivity index (χ0) is 21.3. The highest BCUT2D eigenvalue weighted by Crippen LogP contribution is 2.31. The number of hydrazone groups is 1. The Bertz CT molecular complexity index is 1190. The second kappa shape index (κ2) is 8.04. The Kier molecular flexibility index (Phi) is 5.29. The maximum atomic E-state index is 13.0. The Morgan fingerprint density at radius 1 is 1.13 bits per heavy atom. The molecule has 1 aliphatic rings. The van der Waals surface area contributed by atoms with Crippen LogP contribution in [0.1, 0.15) is 28.4 Å². The number of hydrogen-bond donors (Lipinski definition) is 0. The normalized spacial score (nSPS) is 14.9. The van der Waals surface area contributed by atoms with Gasteiger partial charge in [0.25, 0.3) is 5.91 Å². The Labute approximate surface area is 178 Å². The second-order valence-electron chi connectivity index (χ2n) is 6.86. The fourth-order valence-electron chi connectivity index (χ4n) is 3.11. The van der Waals surface area contributed by atoms with E-state index >= 15 is 0 Å². The molecule has 0 bridgehead atoms. The number of rotatable bonds is 4. The third-order valence-corrected chi connectivity index (χ3v) is 5.51. The lowest BCUT2D eigenvalue weighted by molar-refractivity contribution is -0.114. The molecule has 7 heteroatoms. The number of aromatic nitrogens is 1. The Morgan fingerprint density at radius 3 is 2.60 bits per heavy atom. The van der Waals surface area contributed by atoms with E-state index < -0.39 is 5.97 Å². The standard InChI is InChI=1S/C23H19N3O3S/c1-14-5-4-6-18(11-14)20-13-30-23(24-20)26-21(27)19(15(2)25-26)12-16-7-9-17(10-8-16)22(28)29-3/h4-13H,1-3H3/b19-12+. The lowest BCUT2D eigenvalue weighted by Gasteiger charge is -2.07. The van der Waals surface area contributed by atoms with Crippen LogP contribution >= 0.6 is 11.3 Å². The molecule has 2 heterocycles. The van der Waals surface area contributed by atoms with E-state index in [1.54, 1.807) is 37.3 Å². The molecule has 0 radical (unpaired) electrons. The molecule has 150 valence electrons. The molecule has 0 saturated carbocycles. The van der Waals surface area contributed by atoms with E-state index in [9.17, 15) is 9.59 Å². The van der Waals surface area contributed by atoms with Gasteiger partial charge in [-0.2, -0.15) is 10.1 Å². The van der Waals surface area contributed by atoms with Crippen LogP contribution in [0.5, 0.6) is 0 Å². The number of ether oxygens (including phenoxy) is 1. The molecule has 1 amide bonds. The van der Waals surface area contributed by atoms with Gasteiger partial charge in [0, 0.05) is 10.9 Å². The summed E-state index contributed by atoms with van der Waals surface area (Å²) in [5.41, 5.74) is 5.33. The van der Waals surface area contributed by atoms with Gasteiger partial charge in [-0.05, 0) is 43.7 Å². The van der Waals surface area contributed by atoms with Gasteiger partial charge in [0.15, 0.2) is 0 Å². The van der Waals surface area contributed by atoms with Crippen LogP contribution in [0.15, 0.2) is 64.6 Å². The summed E-state index contributed by atoms with van der Waals surface area (Å²) in [6.07, 6.45) is 1.76. The van der Waals surface area contributed by atoms with Crippen molar-refractivity contribution in [3.05, 3.63) is 76.2 Å². The van der Waals surface area contributed by atoms with Crippen molar-refractivity contribution in [1.82, 2.24) is 4.98 Å². The number of carbonyl (C=O) groups is 2. The molecular formula is C23H19N3O3S. The molecule has 3 aromatic rings. The number of aryl methyl sites for hydroxylation is 1. The van der Waals surface area contributed by atoms with E-state index in [0.717, 1.165) is 22.4 Å². The van der Waals surface area contributed by atoms with Crippen molar-refractivity contribution in [2.75, 3.05) is 12.1 Å². The van der Waals surface area contributed by atoms with Crippen molar-refractivity contribution < 1.29 is 14.3 Å². The number of hydrogen-bond acceptors (Lipinski definition) is 6. The molecule has 0 aliphatic carbocycles. The lowest BCUT2D eigenvalue weighted by Crippen LogP contribution is -2.21. The van der Waals surface area contributed by atoms with E-state index in [1.807, 2.05) is 30.5 Å². The van der Waals surface area contributed by atoms with Crippen LogP contribution in [0, 0.1) is 6.92 Å². The topological polar surface area (TPSA) is 71.9 Å². The van der Waals surface area contributed by atoms with Gasteiger partial charge in [-0.15, -0.1) is 11.3 Å². The van der Waals surface area contributed by atoms with Crippen molar-refractivity contribution in [2.24, 2.45) is 5.10 Å². The quantitative estimate of drug-likeness (QED) is 0.455. The van der Waals surface area contributed by atoms with Crippen molar-refractivity contribution in [1.29, 1.82) is 0 Å². The maximum Gasteiger partial charge on any atom is 0.337 e. The van der Waals surface area contributed by atoms with E-state index in [1.165, 1.54) is 23.5 Å². The number of esters is 1. The van der Waals surface area contributed by atoms with Gasteiger partial charge in [-0.25, -0.2) is 9.78 Å². The summed E-state index contributed by atoms with van der Waals surface area (Å²) in [6, 6.07) is 14.9. The molecule has 30 heavy (non-hydrogen) atoms. The summed E-state index contributed by atoms with van der Waals surface area (Å²) in [7, 11) is 1.34. The minimum Gasteiger partial charge on any atom is -0.465 e. The summed E-state index contributed by atoms with van der Waals surface area (Å²) >= 11 is 1.38. The zero-order valence-corrected chi connectivity index (χ0v) is 17.6. The third kappa shape index (κ3) is 3.79. The molecule has 0 atom stereocenters. The molecular weight excluding hydrogens is 398 g/mol. The van der Waals surface area contributed by atoms with Crippen molar-refractivity contribution in [2.45, 2.75) is 13.8 Å². The SMILES string of the molecule is COC(=O)c1ccc(/C=C2/C(=O)N(c3nc(-c4cccc(C)c4)cs3)N=C2C)cc1. The molecule has 0 N–H and O–H groups in total. The third-order valence-electron chi connectivity index (χ3n) is 4.69. The van der Waals surface area contributed by atoms with E-state index in [-0.39, 0.29) is 5.91 Å². The van der Waals surface area contributed by atoms with E-state index in [4.69, 9.17) is 4.74 Å². The van der Waals surface area contributed by atoms with Crippen molar-refractivity contribution in [3.8, 4) is 11.3 Å². The van der Waals surface area contributed by atoms with Crippen LogP contribution in [-0.4, -0.2) is 29.7 Å². The Balaban J connectivity index is 1.58. The number of carbonyl (C=O) groups excluding carboxylic acids is 2. The van der Waals surface area contributed by atoms with Gasteiger partial charge in [0.1, 0.15) is 0 Å². The van der Waals surface area contributed by atoms with Crippen LogP contribution in [0.4, 0.5) is 5.13 Å². The smallest absolute Gasteiger partial charge is 0.337 e. The van der Waals surface area contributed by atoms with Gasteiger partial charge < -0.3 is 4.74 Å². The van der Waals surface area contributed by atoms with E-state index in [0.29, 0.717) is 22.0 Å². The number of anilines is 1. The largest absolute Gasteiger partial charge is 0.465 e. The van der Waals surface area contributed by atoms with Gasteiger partial charge in [0.05, 0.1) is 29.7 Å². The summed E-state index contributed by atoms with van der Waals surface area (Å²) in [5, 5.41) is 8.20. The van der Waals surface area contributed by atoms with Crippen LogP contribution in [0.3, 0.4) is 0 Å². The van der Waals surface area contributed by atoms with Crippen LogP contribution in [0.2, 0.25) is 0 Å². The first kappa shape index (κ1) is 19.7. The maximum absolute atomic E-state index is 13.0. The summed E-state index contributed by atoms with van der Waals surface area (Å²) in [5.74, 6) is -0.627. The minimum absolute atomic E-state index is 0.227. The fourth-order valence-corrected chi connectivity index (χ4v) is 3.89. The van der Waals surface area contributed by atoms with Crippen LogP contribution in [-0.2, 0) is 9.53 Å². The molecule has 0 fully saturated rings. The summed E-state index contributed by atoms with van der Waals surface area (Å²) in [6.45, 7) is 3.82. The lowest BCUT2D eigenvalue weighted by atomic mass is 10.1. The first-order chi connectivity index (χ1) is 14.5. The van der Waals surface area contributed by atoms with Gasteiger partial charge in [-0.1, -0.05) is 35.9 Å². The minimum atomic E-state index is -0.400. The summed E-state index contributed by atoms with van der Waals surface area (Å²) < 4.78 is 4.71. The average molecular weight is 417 g/mol. The van der Waals surface area contributed by atoms with Crippen LogP contribution < -0.4 is 5.01 Å². The van der Waals surface area contributed by atoms with Gasteiger partial charge in [-0.3, -0.25) is 4.79 Å². The van der Waals surface area contributed by atoms with E-state index in [2.05, 4.69) is 16.2 Å². The van der Waals surface area contributed by atoms with Crippen molar-refractivity contribution >= 4 is 40.1 Å². The molecule has 6 nitrogen and oxygen atoms in total. The molecule has 1 aromatic heterocycles. The predicted octanol–water partition coefficient (Wildman–Crippen LogP) is 4.71. The molecule has 0 unspecified atom stereocenters. The first-order valence-corrected chi connectivity index (χ1v) is 10.2. The highest BCUT2D eigenvalue weighted by Gasteiger charge is 2.30. The molecule has 1 aliphatic heterocycles. The summed E-state index contributed by atoms with van der Waals surface area (Å²) in [4.78, 5) is 29.2. The zero-order valence-electron chi connectivity index (χ0n) is 16.7. The number of methoxy groups -OCH3 is 1. The number of thiazole rings is 1.